The van der Waals surface area contributed by atoms with E-state index in [1.165, 1.54) is 0 Å². The molecule has 20 heavy (non-hydrogen) atoms. The molecule has 1 aromatic heterocycles. The summed E-state index contributed by atoms with van der Waals surface area (Å²) < 4.78 is 5.12. The molecule has 0 saturated heterocycles. The second-order valence-electron chi connectivity index (χ2n) is 5.11. The first kappa shape index (κ1) is 16.6. The molecule has 1 heterocycles. The van der Waals surface area contributed by atoms with Crippen molar-refractivity contribution in [1.29, 1.82) is 0 Å². The number of ether oxygens (including phenoxy) is 1. The summed E-state index contributed by atoms with van der Waals surface area (Å²) in [6, 6.07) is 5.90. The summed E-state index contributed by atoms with van der Waals surface area (Å²) in [5, 5.41) is 3.06. The number of pyridine rings is 1. The van der Waals surface area contributed by atoms with Gasteiger partial charge in [0.1, 0.15) is 5.54 Å². The van der Waals surface area contributed by atoms with Crippen molar-refractivity contribution in [3.63, 3.8) is 0 Å². The van der Waals surface area contributed by atoms with Gasteiger partial charge in [-0.2, -0.15) is 0 Å². The Labute approximate surface area is 121 Å². The topological polar surface area (TPSA) is 54.5 Å². The van der Waals surface area contributed by atoms with E-state index >= 15 is 0 Å². The molecule has 0 aromatic carbocycles. The van der Waals surface area contributed by atoms with Crippen LogP contribution in [0.25, 0.3) is 0 Å². The van der Waals surface area contributed by atoms with Crippen molar-refractivity contribution in [1.82, 2.24) is 15.2 Å². The summed E-state index contributed by atoms with van der Waals surface area (Å²) in [6.45, 7) is 5.51. The van der Waals surface area contributed by atoms with Crippen molar-refractivity contribution in [3.8, 4) is 0 Å². The van der Waals surface area contributed by atoms with Crippen LogP contribution < -0.4 is 5.32 Å². The third kappa shape index (κ3) is 4.90. The van der Waals surface area contributed by atoms with Crippen molar-refractivity contribution in [2.24, 2.45) is 0 Å². The number of carbonyl (C=O) groups is 1. The van der Waals surface area contributed by atoms with Gasteiger partial charge in [-0.3, -0.25) is 9.78 Å². The number of aromatic nitrogens is 1. The fourth-order valence-electron chi connectivity index (χ4n) is 2.01. The SMILES string of the molecule is CCOC(=O)C(C)(CN(C)CCc1ccccn1)NC. The minimum Gasteiger partial charge on any atom is -0.465 e. The molecule has 1 N–H and O–H groups in total. The molecule has 1 rings (SSSR count). The van der Waals surface area contributed by atoms with Gasteiger partial charge in [0, 0.05) is 31.4 Å². The zero-order valence-electron chi connectivity index (χ0n) is 12.8. The van der Waals surface area contributed by atoms with Crippen molar-refractivity contribution in [2.45, 2.75) is 25.8 Å². The van der Waals surface area contributed by atoms with Gasteiger partial charge in [-0.25, -0.2) is 0 Å². The first-order valence-corrected chi connectivity index (χ1v) is 6.96. The summed E-state index contributed by atoms with van der Waals surface area (Å²) in [5.74, 6) is -0.216. The highest BCUT2D eigenvalue weighted by Gasteiger charge is 2.34. The standard InChI is InChI=1S/C15H25N3O2/c1-5-20-14(19)15(2,16-3)12-18(4)11-9-13-8-6-7-10-17-13/h6-8,10,16H,5,9,11-12H2,1-4H3. The Hall–Kier alpha value is -1.46. The number of hydrogen-bond acceptors (Lipinski definition) is 5. The van der Waals surface area contributed by atoms with E-state index in [9.17, 15) is 4.79 Å². The average Bonchev–Trinajstić information content (AvgIpc) is 2.46. The lowest BCUT2D eigenvalue weighted by Gasteiger charge is -2.31. The molecule has 0 aliphatic rings. The number of rotatable bonds is 8. The zero-order valence-corrected chi connectivity index (χ0v) is 12.8. The van der Waals surface area contributed by atoms with E-state index in [4.69, 9.17) is 4.74 Å². The summed E-state index contributed by atoms with van der Waals surface area (Å²) in [7, 11) is 3.78. The van der Waals surface area contributed by atoms with E-state index in [2.05, 4.69) is 15.2 Å². The number of hydrogen-bond donors (Lipinski definition) is 1. The number of esters is 1. The van der Waals surface area contributed by atoms with Crippen LogP contribution in [0.4, 0.5) is 0 Å². The van der Waals surface area contributed by atoms with Crippen molar-refractivity contribution >= 4 is 5.97 Å². The highest BCUT2D eigenvalue weighted by Crippen LogP contribution is 2.09. The van der Waals surface area contributed by atoms with Crippen molar-refractivity contribution < 1.29 is 9.53 Å². The van der Waals surface area contributed by atoms with Crippen LogP contribution in [0.5, 0.6) is 0 Å². The highest BCUT2D eigenvalue weighted by molar-refractivity contribution is 5.80. The van der Waals surface area contributed by atoms with Crippen LogP contribution >= 0.6 is 0 Å². The third-order valence-electron chi connectivity index (χ3n) is 3.34. The molecule has 0 aliphatic carbocycles. The monoisotopic (exact) mass is 279 g/mol. The Balaban J connectivity index is 2.50. The quantitative estimate of drug-likeness (QED) is 0.722. The second-order valence-corrected chi connectivity index (χ2v) is 5.11. The summed E-state index contributed by atoms with van der Waals surface area (Å²) in [4.78, 5) is 18.4. The predicted molar refractivity (Wildman–Crippen MR) is 79.5 cm³/mol. The van der Waals surface area contributed by atoms with Gasteiger partial charge < -0.3 is 15.0 Å². The van der Waals surface area contributed by atoms with Crippen LogP contribution in [0.3, 0.4) is 0 Å². The molecule has 5 nitrogen and oxygen atoms in total. The minimum atomic E-state index is -0.686. The lowest BCUT2D eigenvalue weighted by Crippen LogP contribution is -2.55. The Kier molecular flexibility index (Phi) is 6.61. The molecule has 5 heteroatoms. The molecule has 0 amide bonds. The maximum Gasteiger partial charge on any atom is 0.327 e. The van der Waals surface area contributed by atoms with Crippen LogP contribution in [-0.2, 0) is 16.0 Å². The Bertz CT molecular complexity index is 411. The Morgan fingerprint density at radius 2 is 2.25 bits per heavy atom. The van der Waals surface area contributed by atoms with Crippen LogP contribution in [-0.4, -0.2) is 55.2 Å². The lowest BCUT2D eigenvalue weighted by molar-refractivity contribution is -0.151. The molecule has 112 valence electrons. The largest absolute Gasteiger partial charge is 0.465 e. The van der Waals surface area contributed by atoms with Gasteiger partial charge in [-0.15, -0.1) is 0 Å². The van der Waals surface area contributed by atoms with E-state index < -0.39 is 5.54 Å². The Morgan fingerprint density at radius 3 is 2.80 bits per heavy atom. The van der Waals surface area contributed by atoms with Crippen LogP contribution in [0.1, 0.15) is 19.5 Å². The molecule has 0 fully saturated rings. The number of carbonyl (C=O) groups excluding carboxylic acids is 1. The van der Waals surface area contributed by atoms with Crippen LogP contribution in [0.2, 0.25) is 0 Å². The molecule has 0 aliphatic heterocycles. The summed E-state index contributed by atoms with van der Waals surface area (Å²) >= 11 is 0. The summed E-state index contributed by atoms with van der Waals surface area (Å²) in [6.07, 6.45) is 2.66. The van der Waals surface area contributed by atoms with Gasteiger partial charge in [0.15, 0.2) is 0 Å². The van der Waals surface area contributed by atoms with Crippen molar-refractivity contribution in [2.75, 3.05) is 33.8 Å². The third-order valence-corrected chi connectivity index (χ3v) is 3.34. The van der Waals surface area contributed by atoms with Gasteiger partial charge in [0.25, 0.3) is 0 Å². The molecule has 1 unspecified atom stereocenters. The molecule has 0 bridgehead atoms. The fraction of sp³-hybridized carbons (Fsp3) is 0.600. The van der Waals surface area contributed by atoms with Crippen molar-refractivity contribution in [3.05, 3.63) is 30.1 Å². The fourth-order valence-corrected chi connectivity index (χ4v) is 2.01. The number of nitrogens with zero attached hydrogens (tertiary/aromatic N) is 2. The molecule has 1 atom stereocenters. The van der Waals surface area contributed by atoms with E-state index in [0.29, 0.717) is 13.2 Å². The molecule has 0 saturated carbocycles. The minimum absolute atomic E-state index is 0.216. The molecule has 1 aromatic rings. The highest BCUT2D eigenvalue weighted by atomic mass is 16.5. The normalized spacial score (nSPS) is 14.1. The van der Waals surface area contributed by atoms with Gasteiger partial charge in [-0.1, -0.05) is 6.07 Å². The summed E-state index contributed by atoms with van der Waals surface area (Å²) in [5.41, 5.74) is 0.371. The van der Waals surface area contributed by atoms with E-state index in [0.717, 1.165) is 18.7 Å². The lowest BCUT2D eigenvalue weighted by atomic mass is 10.0. The maximum atomic E-state index is 12.0. The average molecular weight is 279 g/mol. The maximum absolute atomic E-state index is 12.0. The second kappa shape index (κ2) is 7.97. The number of nitrogens with one attached hydrogen (secondary N) is 1. The van der Waals surface area contributed by atoms with Gasteiger partial charge in [0.05, 0.1) is 6.61 Å². The molecule has 0 spiro atoms. The molecule has 0 radical (unpaired) electrons. The first-order valence-electron chi connectivity index (χ1n) is 6.96. The Morgan fingerprint density at radius 1 is 1.50 bits per heavy atom. The molecular weight excluding hydrogens is 254 g/mol. The van der Waals surface area contributed by atoms with Gasteiger partial charge in [-0.05, 0) is 40.1 Å². The smallest absolute Gasteiger partial charge is 0.327 e. The zero-order chi connectivity index (χ0) is 15.0. The van der Waals surface area contributed by atoms with E-state index in [1.54, 1.807) is 13.2 Å². The van der Waals surface area contributed by atoms with Crippen LogP contribution in [0, 0.1) is 0 Å². The molecular formula is C15H25N3O2. The van der Waals surface area contributed by atoms with E-state index in [-0.39, 0.29) is 5.97 Å². The first-order chi connectivity index (χ1) is 9.51. The predicted octanol–water partition coefficient (Wildman–Crippen LogP) is 1.10. The van der Waals surface area contributed by atoms with Gasteiger partial charge in [0.2, 0.25) is 0 Å². The van der Waals surface area contributed by atoms with Gasteiger partial charge >= 0.3 is 5.97 Å². The van der Waals surface area contributed by atoms with E-state index in [1.807, 2.05) is 39.1 Å². The number of likely N-dealkylation sites (N-methyl/N-ethyl adjacent to an activating group) is 2. The van der Waals surface area contributed by atoms with Crippen LogP contribution in [0.15, 0.2) is 24.4 Å².